The number of sulfonamides is 1. The van der Waals surface area contributed by atoms with E-state index in [0.29, 0.717) is 6.54 Å². The van der Waals surface area contributed by atoms with E-state index in [1.807, 2.05) is 0 Å². The SMILES string of the molecule is CC(C)S(=O)(=O)N(C)CC1CCCCO1. The standard InChI is InChI=1S/C10H21NO3S/c1-9(2)15(12,13)11(3)8-10-6-4-5-7-14-10/h9-10H,4-8H2,1-3H3. The minimum Gasteiger partial charge on any atom is -0.377 e. The number of likely N-dealkylation sites (N-methyl/N-ethyl adjacent to an activating group) is 1. The first-order valence-electron chi connectivity index (χ1n) is 5.51. The zero-order valence-corrected chi connectivity index (χ0v) is 10.6. The third-order valence-corrected chi connectivity index (χ3v) is 4.97. The highest BCUT2D eigenvalue weighted by atomic mass is 32.2. The summed E-state index contributed by atoms with van der Waals surface area (Å²) in [5.74, 6) is 0. The van der Waals surface area contributed by atoms with Crippen molar-refractivity contribution in [3.63, 3.8) is 0 Å². The van der Waals surface area contributed by atoms with Crippen molar-refractivity contribution in [3.8, 4) is 0 Å². The Morgan fingerprint density at radius 3 is 2.53 bits per heavy atom. The predicted octanol–water partition coefficient (Wildman–Crippen LogP) is 1.23. The Morgan fingerprint density at radius 1 is 1.40 bits per heavy atom. The topological polar surface area (TPSA) is 46.6 Å². The van der Waals surface area contributed by atoms with Crippen LogP contribution in [0.15, 0.2) is 0 Å². The van der Waals surface area contributed by atoms with Gasteiger partial charge in [-0.1, -0.05) is 0 Å². The van der Waals surface area contributed by atoms with Gasteiger partial charge in [0.05, 0.1) is 11.4 Å². The molecule has 4 nitrogen and oxygen atoms in total. The van der Waals surface area contributed by atoms with Gasteiger partial charge in [-0.05, 0) is 33.1 Å². The molecule has 1 atom stereocenters. The fourth-order valence-electron chi connectivity index (χ4n) is 1.70. The van der Waals surface area contributed by atoms with E-state index in [1.54, 1.807) is 20.9 Å². The van der Waals surface area contributed by atoms with E-state index in [-0.39, 0.29) is 11.4 Å². The van der Waals surface area contributed by atoms with Crippen molar-refractivity contribution in [2.24, 2.45) is 0 Å². The predicted molar refractivity (Wildman–Crippen MR) is 60.3 cm³/mol. The summed E-state index contributed by atoms with van der Waals surface area (Å²) in [6.45, 7) is 4.65. The number of ether oxygens (including phenoxy) is 1. The molecule has 0 N–H and O–H groups in total. The second-order valence-corrected chi connectivity index (χ2v) is 6.96. The molecule has 1 aliphatic heterocycles. The van der Waals surface area contributed by atoms with E-state index in [2.05, 4.69) is 0 Å². The Kier molecular flexibility index (Phi) is 4.55. The van der Waals surface area contributed by atoms with Gasteiger partial charge in [0.2, 0.25) is 10.0 Å². The van der Waals surface area contributed by atoms with Gasteiger partial charge in [-0.3, -0.25) is 0 Å². The molecule has 1 heterocycles. The summed E-state index contributed by atoms with van der Waals surface area (Å²) in [6, 6.07) is 0. The lowest BCUT2D eigenvalue weighted by Gasteiger charge is -2.27. The molecule has 0 aromatic heterocycles. The number of nitrogens with zero attached hydrogens (tertiary/aromatic N) is 1. The lowest BCUT2D eigenvalue weighted by atomic mass is 10.1. The molecule has 0 aliphatic carbocycles. The van der Waals surface area contributed by atoms with Crippen LogP contribution >= 0.6 is 0 Å². The van der Waals surface area contributed by atoms with Gasteiger partial charge in [0.1, 0.15) is 0 Å². The van der Waals surface area contributed by atoms with Gasteiger partial charge in [-0.25, -0.2) is 12.7 Å². The number of hydrogen-bond donors (Lipinski definition) is 0. The molecule has 0 aromatic rings. The molecule has 0 bridgehead atoms. The number of hydrogen-bond acceptors (Lipinski definition) is 3. The first kappa shape index (κ1) is 12.9. The van der Waals surface area contributed by atoms with Crippen LogP contribution in [0.3, 0.4) is 0 Å². The van der Waals surface area contributed by atoms with Crippen LogP contribution in [0.1, 0.15) is 33.1 Å². The Balaban J connectivity index is 2.50. The summed E-state index contributed by atoms with van der Waals surface area (Å²) < 4.78 is 30.5. The van der Waals surface area contributed by atoms with E-state index < -0.39 is 10.0 Å². The van der Waals surface area contributed by atoms with Gasteiger partial charge in [-0.15, -0.1) is 0 Å². The Hall–Kier alpha value is -0.130. The van der Waals surface area contributed by atoms with Crippen LogP contribution in [0.25, 0.3) is 0 Å². The lowest BCUT2D eigenvalue weighted by molar-refractivity contribution is 0.00852. The molecule has 0 aromatic carbocycles. The fourth-order valence-corrected chi connectivity index (χ4v) is 2.80. The molecule has 0 spiro atoms. The van der Waals surface area contributed by atoms with E-state index in [1.165, 1.54) is 4.31 Å². The highest BCUT2D eigenvalue weighted by molar-refractivity contribution is 7.89. The van der Waals surface area contributed by atoms with Gasteiger partial charge in [0.15, 0.2) is 0 Å². The molecule has 0 saturated carbocycles. The molecule has 0 radical (unpaired) electrons. The fraction of sp³-hybridized carbons (Fsp3) is 1.00. The maximum absolute atomic E-state index is 11.8. The molecule has 0 amide bonds. The van der Waals surface area contributed by atoms with E-state index in [9.17, 15) is 8.42 Å². The third kappa shape index (κ3) is 3.43. The highest BCUT2D eigenvalue weighted by Gasteiger charge is 2.25. The smallest absolute Gasteiger partial charge is 0.216 e. The summed E-state index contributed by atoms with van der Waals surface area (Å²) in [5.41, 5.74) is 0. The Bertz CT molecular complexity index is 281. The molecule has 1 fully saturated rings. The summed E-state index contributed by atoms with van der Waals surface area (Å²) in [6.07, 6.45) is 3.28. The Labute approximate surface area is 92.7 Å². The molecule has 5 heteroatoms. The van der Waals surface area contributed by atoms with Crippen molar-refractivity contribution in [2.45, 2.75) is 44.5 Å². The highest BCUT2D eigenvalue weighted by Crippen LogP contribution is 2.15. The number of rotatable bonds is 4. The van der Waals surface area contributed by atoms with Crippen molar-refractivity contribution < 1.29 is 13.2 Å². The Morgan fingerprint density at radius 2 is 2.07 bits per heavy atom. The maximum atomic E-state index is 11.8. The van der Waals surface area contributed by atoms with Crippen molar-refractivity contribution in [2.75, 3.05) is 20.2 Å². The van der Waals surface area contributed by atoms with Crippen LogP contribution in [0.2, 0.25) is 0 Å². The monoisotopic (exact) mass is 235 g/mol. The second kappa shape index (κ2) is 5.27. The molecule has 15 heavy (non-hydrogen) atoms. The van der Waals surface area contributed by atoms with Crippen LogP contribution in [0.4, 0.5) is 0 Å². The molecular formula is C10H21NO3S. The lowest BCUT2D eigenvalue weighted by Crippen LogP contribution is -2.40. The summed E-state index contributed by atoms with van der Waals surface area (Å²) in [7, 11) is -1.49. The maximum Gasteiger partial charge on any atom is 0.216 e. The quantitative estimate of drug-likeness (QED) is 0.736. The van der Waals surface area contributed by atoms with Crippen LogP contribution in [0, 0.1) is 0 Å². The largest absolute Gasteiger partial charge is 0.377 e. The minimum atomic E-state index is -3.12. The van der Waals surface area contributed by atoms with Gasteiger partial charge in [0.25, 0.3) is 0 Å². The molecule has 1 unspecified atom stereocenters. The molecule has 1 aliphatic rings. The van der Waals surface area contributed by atoms with Gasteiger partial charge < -0.3 is 4.74 Å². The van der Waals surface area contributed by atoms with Gasteiger partial charge in [-0.2, -0.15) is 0 Å². The average Bonchev–Trinajstić information content (AvgIpc) is 2.18. The first-order valence-corrected chi connectivity index (χ1v) is 7.01. The third-order valence-electron chi connectivity index (χ3n) is 2.76. The van der Waals surface area contributed by atoms with Gasteiger partial charge >= 0.3 is 0 Å². The van der Waals surface area contributed by atoms with E-state index in [0.717, 1.165) is 25.9 Å². The van der Waals surface area contributed by atoms with Crippen LogP contribution in [0.5, 0.6) is 0 Å². The molecule has 1 rings (SSSR count). The van der Waals surface area contributed by atoms with Crippen molar-refractivity contribution in [1.29, 1.82) is 0 Å². The first-order chi connectivity index (χ1) is 6.94. The normalized spacial score (nSPS) is 23.7. The zero-order valence-electron chi connectivity index (χ0n) is 9.77. The van der Waals surface area contributed by atoms with Crippen molar-refractivity contribution >= 4 is 10.0 Å². The van der Waals surface area contributed by atoms with Crippen LogP contribution in [-0.2, 0) is 14.8 Å². The summed E-state index contributed by atoms with van der Waals surface area (Å²) >= 11 is 0. The summed E-state index contributed by atoms with van der Waals surface area (Å²) in [5, 5.41) is -0.355. The average molecular weight is 235 g/mol. The zero-order chi connectivity index (χ0) is 11.5. The molecular weight excluding hydrogens is 214 g/mol. The van der Waals surface area contributed by atoms with E-state index >= 15 is 0 Å². The minimum absolute atomic E-state index is 0.0808. The van der Waals surface area contributed by atoms with Gasteiger partial charge in [0, 0.05) is 20.2 Å². The summed E-state index contributed by atoms with van der Waals surface area (Å²) in [4.78, 5) is 0. The van der Waals surface area contributed by atoms with Crippen molar-refractivity contribution in [1.82, 2.24) is 4.31 Å². The van der Waals surface area contributed by atoms with Crippen molar-refractivity contribution in [3.05, 3.63) is 0 Å². The second-order valence-electron chi connectivity index (χ2n) is 4.36. The molecule has 1 saturated heterocycles. The van der Waals surface area contributed by atoms with E-state index in [4.69, 9.17) is 4.74 Å². The van der Waals surface area contributed by atoms with Crippen LogP contribution in [-0.4, -0.2) is 44.3 Å². The van der Waals surface area contributed by atoms with Crippen LogP contribution < -0.4 is 0 Å². The molecule has 90 valence electrons.